The van der Waals surface area contributed by atoms with E-state index in [9.17, 15) is 4.79 Å². The minimum absolute atomic E-state index is 0.0809. The van der Waals surface area contributed by atoms with Crippen LogP contribution < -0.4 is 9.64 Å². The van der Waals surface area contributed by atoms with Gasteiger partial charge in [-0.2, -0.15) is 0 Å². The Hall–Kier alpha value is -2.90. The average Bonchev–Trinajstić information content (AvgIpc) is 3.25. The van der Waals surface area contributed by atoms with Gasteiger partial charge in [-0.3, -0.25) is 14.7 Å². The Kier molecular flexibility index (Phi) is 7.39. The van der Waals surface area contributed by atoms with Crippen molar-refractivity contribution in [2.45, 2.75) is 31.2 Å². The number of thiazole rings is 1. The first kappa shape index (κ1) is 22.3. The Balaban J connectivity index is 1.47. The topological polar surface area (TPSA) is 55.3 Å². The highest BCUT2D eigenvalue weighted by Crippen LogP contribution is 2.33. The Morgan fingerprint density at radius 1 is 1.09 bits per heavy atom. The lowest BCUT2D eigenvalue weighted by Crippen LogP contribution is -2.30. The number of thioether (sulfide) groups is 1. The SMILES string of the molecule is COc1ccc2nc(N(Cc3ccncc3)C(=O)CCCSc3ccc(C)cc3)sc2c1. The first-order chi connectivity index (χ1) is 15.6. The molecule has 0 spiro atoms. The van der Waals surface area contributed by atoms with Gasteiger partial charge in [0.25, 0.3) is 0 Å². The van der Waals surface area contributed by atoms with E-state index in [1.54, 1.807) is 36.2 Å². The predicted octanol–water partition coefficient (Wildman–Crippen LogP) is 6.11. The Labute approximate surface area is 196 Å². The Bertz CT molecular complexity index is 1180. The quantitative estimate of drug-likeness (QED) is 0.221. The molecule has 164 valence electrons. The molecule has 5 nitrogen and oxygen atoms in total. The fraction of sp³-hybridized carbons (Fsp3) is 0.240. The number of aryl methyl sites for hydroxylation is 1. The van der Waals surface area contributed by atoms with Gasteiger partial charge in [-0.05, 0) is 67.1 Å². The highest BCUT2D eigenvalue weighted by atomic mass is 32.2. The molecule has 0 saturated carbocycles. The number of carbonyl (C=O) groups is 1. The van der Waals surface area contributed by atoms with Crippen molar-refractivity contribution in [1.29, 1.82) is 0 Å². The summed E-state index contributed by atoms with van der Waals surface area (Å²) >= 11 is 3.30. The molecule has 0 unspecified atom stereocenters. The van der Waals surface area contributed by atoms with Crippen LogP contribution in [0.2, 0.25) is 0 Å². The summed E-state index contributed by atoms with van der Waals surface area (Å²) in [6.07, 6.45) is 4.78. The summed E-state index contributed by atoms with van der Waals surface area (Å²) in [5, 5.41) is 0.709. The van der Waals surface area contributed by atoms with E-state index in [1.807, 2.05) is 30.3 Å². The van der Waals surface area contributed by atoms with Crippen LogP contribution in [0.15, 0.2) is 71.9 Å². The largest absolute Gasteiger partial charge is 0.497 e. The van der Waals surface area contributed by atoms with Crippen molar-refractivity contribution in [1.82, 2.24) is 9.97 Å². The molecule has 0 atom stereocenters. The molecule has 0 aliphatic carbocycles. The lowest BCUT2D eigenvalue weighted by Gasteiger charge is -2.20. The summed E-state index contributed by atoms with van der Waals surface area (Å²) in [5.41, 5.74) is 3.15. The number of fused-ring (bicyclic) bond motifs is 1. The van der Waals surface area contributed by atoms with E-state index in [1.165, 1.54) is 21.8 Å². The summed E-state index contributed by atoms with van der Waals surface area (Å²) in [6, 6.07) is 18.2. The minimum atomic E-state index is 0.0809. The van der Waals surface area contributed by atoms with Crippen LogP contribution in [0.4, 0.5) is 5.13 Å². The van der Waals surface area contributed by atoms with Crippen molar-refractivity contribution in [3.63, 3.8) is 0 Å². The zero-order valence-corrected chi connectivity index (χ0v) is 19.8. The molecule has 0 aliphatic rings. The van der Waals surface area contributed by atoms with Crippen molar-refractivity contribution in [3.05, 3.63) is 78.1 Å². The predicted molar refractivity (Wildman–Crippen MR) is 133 cm³/mol. The Morgan fingerprint density at radius 2 is 1.88 bits per heavy atom. The zero-order valence-electron chi connectivity index (χ0n) is 18.2. The van der Waals surface area contributed by atoms with E-state index in [0.29, 0.717) is 18.1 Å². The third-order valence-electron chi connectivity index (χ3n) is 5.03. The number of aromatic nitrogens is 2. The van der Waals surface area contributed by atoms with Gasteiger partial charge in [0.1, 0.15) is 5.75 Å². The molecule has 4 rings (SSSR count). The van der Waals surface area contributed by atoms with Crippen molar-refractivity contribution in [3.8, 4) is 5.75 Å². The number of carbonyl (C=O) groups excluding carboxylic acids is 1. The second kappa shape index (κ2) is 10.6. The third kappa shape index (κ3) is 5.66. The number of nitrogens with zero attached hydrogens (tertiary/aromatic N) is 3. The van der Waals surface area contributed by atoms with E-state index in [2.05, 4.69) is 36.2 Å². The lowest BCUT2D eigenvalue weighted by molar-refractivity contribution is -0.118. The maximum absolute atomic E-state index is 13.2. The van der Waals surface area contributed by atoms with Gasteiger partial charge >= 0.3 is 0 Å². The summed E-state index contributed by atoms with van der Waals surface area (Å²) in [6.45, 7) is 2.56. The number of benzene rings is 2. The van der Waals surface area contributed by atoms with Crippen LogP contribution in [0, 0.1) is 6.92 Å². The van der Waals surface area contributed by atoms with Crippen LogP contribution in [0.1, 0.15) is 24.0 Å². The molecule has 4 aromatic rings. The lowest BCUT2D eigenvalue weighted by atomic mass is 10.2. The van der Waals surface area contributed by atoms with Crippen LogP contribution in [-0.2, 0) is 11.3 Å². The smallest absolute Gasteiger partial charge is 0.229 e. The van der Waals surface area contributed by atoms with Gasteiger partial charge in [0.15, 0.2) is 5.13 Å². The molecule has 0 radical (unpaired) electrons. The van der Waals surface area contributed by atoms with E-state index < -0.39 is 0 Å². The number of ether oxygens (including phenoxy) is 1. The number of amides is 1. The standard InChI is InChI=1S/C25H25N3O2S2/c1-18-5-8-21(9-6-18)31-15-3-4-24(29)28(17-19-11-13-26-14-12-19)25-27-22-10-7-20(30-2)16-23(22)32-25/h5-14,16H,3-4,15,17H2,1-2H3. The maximum atomic E-state index is 13.2. The molecule has 7 heteroatoms. The number of pyridine rings is 1. The van der Waals surface area contributed by atoms with Gasteiger partial charge in [-0.1, -0.05) is 29.0 Å². The fourth-order valence-corrected chi connectivity index (χ4v) is 5.11. The summed E-state index contributed by atoms with van der Waals surface area (Å²) < 4.78 is 6.33. The average molecular weight is 464 g/mol. The number of hydrogen-bond acceptors (Lipinski definition) is 6. The number of methoxy groups -OCH3 is 1. The van der Waals surface area contributed by atoms with Crippen molar-refractivity contribution in [2.75, 3.05) is 17.8 Å². The fourth-order valence-electron chi connectivity index (χ4n) is 3.25. The highest BCUT2D eigenvalue weighted by molar-refractivity contribution is 7.99. The van der Waals surface area contributed by atoms with Crippen LogP contribution in [-0.4, -0.2) is 28.7 Å². The molecule has 2 heterocycles. The van der Waals surface area contributed by atoms with Crippen molar-refractivity contribution < 1.29 is 9.53 Å². The molecule has 2 aromatic heterocycles. The number of rotatable bonds is 9. The Morgan fingerprint density at radius 3 is 2.62 bits per heavy atom. The maximum Gasteiger partial charge on any atom is 0.229 e. The molecule has 0 bridgehead atoms. The molecule has 0 N–H and O–H groups in total. The van der Waals surface area contributed by atoms with Gasteiger partial charge in [-0.25, -0.2) is 4.98 Å². The van der Waals surface area contributed by atoms with E-state index >= 15 is 0 Å². The van der Waals surface area contributed by atoms with Gasteiger partial charge in [-0.15, -0.1) is 11.8 Å². The van der Waals surface area contributed by atoms with Gasteiger partial charge in [0.05, 0.1) is 23.9 Å². The van der Waals surface area contributed by atoms with Crippen LogP contribution >= 0.6 is 23.1 Å². The van der Waals surface area contributed by atoms with Crippen molar-refractivity contribution in [2.24, 2.45) is 0 Å². The van der Waals surface area contributed by atoms with Gasteiger partial charge in [0, 0.05) is 23.7 Å². The summed E-state index contributed by atoms with van der Waals surface area (Å²) in [4.78, 5) is 25.1. The van der Waals surface area contributed by atoms with Crippen molar-refractivity contribution >= 4 is 44.4 Å². The number of hydrogen-bond donors (Lipinski definition) is 0. The highest BCUT2D eigenvalue weighted by Gasteiger charge is 2.20. The van der Waals surface area contributed by atoms with E-state index in [-0.39, 0.29) is 5.91 Å². The monoisotopic (exact) mass is 463 g/mol. The van der Waals surface area contributed by atoms with Gasteiger partial charge < -0.3 is 4.74 Å². The van der Waals surface area contributed by atoms with Gasteiger partial charge in [0.2, 0.25) is 5.91 Å². The number of anilines is 1. The van der Waals surface area contributed by atoms with Crippen LogP contribution in [0.25, 0.3) is 10.2 Å². The molecule has 0 fully saturated rings. The van der Waals surface area contributed by atoms with E-state index in [4.69, 9.17) is 9.72 Å². The summed E-state index contributed by atoms with van der Waals surface area (Å²) in [7, 11) is 1.65. The molecule has 0 saturated heterocycles. The first-order valence-electron chi connectivity index (χ1n) is 10.5. The second-order valence-corrected chi connectivity index (χ2v) is 9.61. The van der Waals surface area contributed by atoms with Crippen LogP contribution in [0.3, 0.4) is 0 Å². The van der Waals surface area contributed by atoms with E-state index in [0.717, 1.165) is 33.7 Å². The van der Waals surface area contributed by atoms with Crippen LogP contribution in [0.5, 0.6) is 5.75 Å². The molecular weight excluding hydrogens is 438 g/mol. The molecule has 32 heavy (non-hydrogen) atoms. The molecular formula is C25H25N3O2S2. The zero-order chi connectivity index (χ0) is 22.3. The third-order valence-corrected chi connectivity index (χ3v) is 7.17. The first-order valence-corrected chi connectivity index (χ1v) is 12.3. The molecule has 0 aliphatic heterocycles. The second-order valence-electron chi connectivity index (χ2n) is 7.43. The normalized spacial score (nSPS) is 10.9. The minimum Gasteiger partial charge on any atom is -0.497 e. The summed E-state index contributed by atoms with van der Waals surface area (Å²) in [5.74, 6) is 1.76. The molecule has 2 aromatic carbocycles. The molecule has 1 amide bonds.